The highest BCUT2D eigenvalue weighted by Crippen LogP contribution is 2.38. The minimum atomic E-state index is 0.0604. The smallest absolute Gasteiger partial charge is 0.209 e. The fourth-order valence-corrected chi connectivity index (χ4v) is 3.24. The van der Waals surface area contributed by atoms with Gasteiger partial charge in [0.05, 0.1) is 13.2 Å². The Bertz CT molecular complexity index is 542. The summed E-state index contributed by atoms with van der Waals surface area (Å²) in [4.78, 5) is 0. The van der Waals surface area contributed by atoms with Crippen LogP contribution in [0.3, 0.4) is 0 Å². The molecule has 1 atom stereocenters. The van der Waals surface area contributed by atoms with Gasteiger partial charge in [-0.3, -0.25) is 0 Å². The first kappa shape index (κ1) is 11.7. The molecule has 6 heteroatoms. The Morgan fingerprint density at radius 2 is 2.28 bits per heavy atom. The van der Waals surface area contributed by atoms with E-state index < -0.39 is 0 Å². The van der Waals surface area contributed by atoms with Gasteiger partial charge in [-0.05, 0) is 33.9 Å². The van der Waals surface area contributed by atoms with Gasteiger partial charge in [-0.25, -0.2) is 4.68 Å². The molecule has 1 aliphatic rings. The van der Waals surface area contributed by atoms with Gasteiger partial charge in [0, 0.05) is 5.75 Å². The molecule has 3 rings (SSSR count). The summed E-state index contributed by atoms with van der Waals surface area (Å²) in [7, 11) is 0. The molecule has 0 spiro atoms. The Morgan fingerprint density at radius 3 is 3.11 bits per heavy atom. The summed E-state index contributed by atoms with van der Waals surface area (Å²) in [5.74, 6) is 1.59. The SMILES string of the molecule is OCCn1nnnc1SCC1Cc2ccccc21. The van der Waals surface area contributed by atoms with Crippen LogP contribution in [-0.2, 0) is 13.0 Å². The number of aromatic nitrogens is 4. The predicted molar refractivity (Wildman–Crippen MR) is 68.5 cm³/mol. The van der Waals surface area contributed by atoms with E-state index >= 15 is 0 Å². The van der Waals surface area contributed by atoms with Crippen molar-refractivity contribution in [1.82, 2.24) is 20.2 Å². The van der Waals surface area contributed by atoms with Crippen LogP contribution in [0.4, 0.5) is 0 Å². The third-order valence-electron chi connectivity index (χ3n) is 3.19. The quantitative estimate of drug-likeness (QED) is 0.817. The van der Waals surface area contributed by atoms with Gasteiger partial charge >= 0.3 is 0 Å². The number of aliphatic hydroxyl groups is 1. The molecule has 2 aromatic rings. The third kappa shape index (κ3) is 2.13. The van der Waals surface area contributed by atoms with E-state index in [2.05, 4.69) is 39.8 Å². The molecule has 1 heterocycles. The average molecular weight is 262 g/mol. The summed E-state index contributed by atoms with van der Waals surface area (Å²) >= 11 is 1.66. The summed E-state index contributed by atoms with van der Waals surface area (Å²) in [6.07, 6.45) is 1.14. The molecule has 0 radical (unpaired) electrons. The van der Waals surface area contributed by atoms with Gasteiger partial charge in [0.2, 0.25) is 5.16 Å². The Morgan fingerprint density at radius 1 is 1.39 bits per heavy atom. The Labute approximate surface area is 109 Å². The van der Waals surface area contributed by atoms with Crippen LogP contribution in [-0.4, -0.2) is 37.7 Å². The number of nitrogens with zero attached hydrogens (tertiary/aromatic N) is 4. The van der Waals surface area contributed by atoms with Crippen LogP contribution < -0.4 is 0 Å². The minimum absolute atomic E-state index is 0.0604. The molecule has 0 fully saturated rings. The molecule has 0 aliphatic heterocycles. The first-order chi connectivity index (χ1) is 8.88. The molecule has 0 saturated heterocycles. The number of benzene rings is 1. The lowest BCUT2D eigenvalue weighted by Gasteiger charge is -2.29. The predicted octanol–water partition coefficient (Wildman–Crippen LogP) is 1.10. The topological polar surface area (TPSA) is 63.8 Å². The average Bonchev–Trinajstić information content (AvgIpc) is 2.79. The van der Waals surface area contributed by atoms with E-state index in [1.165, 1.54) is 11.1 Å². The molecular weight excluding hydrogens is 248 g/mol. The summed E-state index contributed by atoms with van der Waals surface area (Å²) in [6.45, 7) is 0.515. The van der Waals surface area contributed by atoms with Gasteiger partial charge in [-0.15, -0.1) is 5.10 Å². The molecule has 0 saturated carbocycles. The molecule has 1 aromatic heterocycles. The molecule has 1 unspecified atom stereocenters. The van der Waals surface area contributed by atoms with Crippen LogP contribution in [0.1, 0.15) is 17.0 Å². The number of hydrogen-bond acceptors (Lipinski definition) is 5. The largest absolute Gasteiger partial charge is 0.394 e. The molecule has 1 aromatic carbocycles. The van der Waals surface area contributed by atoms with Crippen LogP contribution in [0, 0.1) is 0 Å². The van der Waals surface area contributed by atoms with E-state index in [9.17, 15) is 0 Å². The Balaban J connectivity index is 1.61. The van der Waals surface area contributed by atoms with Crippen molar-refractivity contribution in [3.8, 4) is 0 Å². The number of aliphatic hydroxyl groups excluding tert-OH is 1. The second-order valence-corrected chi connectivity index (χ2v) is 5.31. The number of tetrazole rings is 1. The molecule has 1 N–H and O–H groups in total. The molecular formula is C12H14N4OS. The van der Waals surface area contributed by atoms with Crippen LogP contribution in [0.5, 0.6) is 0 Å². The molecule has 0 amide bonds. The molecule has 0 bridgehead atoms. The highest BCUT2D eigenvalue weighted by molar-refractivity contribution is 7.99. The van der Waals surface area contributed by atoms with E-state index in [0.29, 0.717) is 12.5 Å². The van der Waals surface area contributed by atoms with Crippen molar-refractivity contribution in [3.63, 3.8) is 0 Å². The zero-order valence-electron chi connectivity index (χ0n) is 9.86. The normalized spacial score (nSPS) is 17.3. The summed E-state index contributed by atoms with van der Waals surface area (Å²) in [6, 6.07) is 8.56. The van der Waals surface area contributed by atoms with Crippen molar-refractivity contribution in [2.75, 3.05) is 12.4 Å². The van der Waals surface area contributed by atoms with Crippen molar-refractivity contribution in [2.24, 2.45) is 0 Å². The summed E-state index contributed by atoms with van der Waals surface area (Å²) in [5.41, 5.74) is 2.91. The number of fused-ring (bicyclic) bond motifs is 1. The van der Waals surface area contributed by atoms with Crippen molar-refractivity contribution >= 4 is 11.8 Å². The van der Waals surface area contributed by atoms with Gasteiger partial charge in [0.15, 0.2) is 0 Å². The van der Waals surface area contributed by atoms with Crippen molar-refractivity contribution < 1.29 is 5.11 Å². The fraction of sp³-hybridized carbons (Fsp3) is 0.417. The van der Waals surface area contributed by atoms with E-state index in [-0.39, 0.29) is 6.61 Å². The van der Waals surface area contributed by atoms with E-state index in [1.807, 2.05) is 0 Å². The van der Waals surface area contributed by atoms with Crippen LogP contribution in [0.25, 0.3) is 0 Å². The first-order valence-electron chi connectivity index (χ1n) is 5.96. The lowest BCUT2D eigenvalue weighted by atomic mass is 9.79. The Kier molecular flexibility index (Phi) is 3.29. The van der Waals surface area contributed by atoms with E-state index in [0.717, 1.165) is 17.3 Å². The summed E-state index contributed by atoms with van der Waals surface area (Å²) < 4.78 is 1.65. The van der Waals surface area contributed by atoms with Crippen molar-refractivity contribution in [2.45, 2.75) is 24.0 Å². The van der Waals surface area contributed by atoms with Crippen LogP contribution in [0.2, 0.25) is 0 Å². The van der Waals surface area contributed by atoms with Crippen molar-refractivity contribution in [3.05, 3.63) is 35.4 Å². The highest BCUT2D eigenvalue weighted by atomic mass is 32.2. The zero-order chi connectivity index (χ0) is 12.4. The Hall–Kier alpha value is -1.40. The maximum absolute atomic E-state index is 8.90. The fourth-order valence-electron chi connectivity index (χ4n) is 2.22. The van der Waals surface area contributed by atoms with E-state index in [1.54, 1.807) is 16.4 Å². The summed E-state index contributed by atoms with van der Waals surface area (Å²) in [5, 5.41) is 21.1. The van der Waals surface area contributed by atoms with Gasteiger partial charge in [-0.1, -0.05) is 36.0 Å². The maximum atomic E-state index is 8.90. The lowest BCUT2D eigenvalue weighted by molar-refractivity contribution is 0.262. The van der Waals surface area contributed by atoms with Crippen LogP contribution in [0.15, 0.2) is 29.4 Å². The number of rotatable bonds is 5. The van der Waals surface area contributed by atoms with Gasteiger partial charge in [0.25, 0.3) is 0 Å². The minimum Gasteiger partial charge on any atom is -0.394 e. The van der Waals surface area contributed by atoms with Gasteiger partial charge in [0.1, 0.15) is 0 Å². The third-order valence-corrected chi connectivity index (χ3v) is 4.31. The molecule has 18 heavy (non-hydrogen) atoms. The zero-order valence-corrected chi connectivity index (χ0v) is 10.7. The second kappa shape index (κ2) is 5.07. The first-order valence-corrected chi connectivity index (χ1v) is 6.94. The molecule has 5 nitrogen and oxygen atoms in total. The van der Waals surface area contributed by atoms with E-state index in [4.69, 9.17) is 5.11 Å². The monoisotopic (exact) mass is 262 g/mol. The molecule has 94 valence electrons. The van der Waals surface area contributed by atoms with Crippen LogP contribution >= 0.6 is 11.8 Å². The standard InChI is InChI=1S/C12H14N4OS/c17-6-5-16-12(13-14-15-16)18-8-10-7-9-3-1-2-4-11(9)10/h1-4,10,17H,5-8H2. The maximum Gasteiger partial charge on any atom is 0.209 e. The second-order valence-electron chi connectivity index (χ2n) is 4.32. The lowest BCUT2D eigenvalue weighted by Crippen LogP contribution is -2.19. The number of thioether (sulfide) groups is 1. The van der Waals surface area contributed by atoms with Crippen molar-refractivity contribution in [1.29, 1.82) is 0 Å². The van der Waals surface area contributed by atoms with Gasteiger partial charge in [-0.2, -0.15) is 0 Å². The van der Waals surface area contributed by atoms with Gasteiger partial charge < -0.3 is 5.11 Å². The molecule has 1 aliphatic carbocycles. The highest BCUT2D eigenvalue weighted by Gasteiger charge is 2.25. The number of hydrogen-bond donors (Lipinski definition) is 1.